The molecule has 0 radical (unpaired) electrons. The Hall–Kier alpha value is -1.27. The third-order valence-corrected chi connectivity index (χ3v) is 4.04. The van der Waals surface area contributed by atoms with Crippen molar-refractivity contribution < 1.29 is 9.53 Å². The van der Waals surface area contributed by atoms with E-state index in [0.29, 0.717) is 18.1 Å². The zero-order valence-electron chi connectivity index (χ0n) is 12.7. The molecule has 0 unspecified atom stereocenters. The first-order chi connectivity index (χ1) is 10.0. The summed E-state index contributed by atoms with van der Waals surface area (Å²) >= 11 is 6.90. The molecular formula is C15H22N2O2S2. The highest BCUT2D eigenvalue weighted by atomic mass is 32.2. The number of anilines is 1. The van der Waals surface area contributed by atoms with Gasteiger partial charge >= 0.3 is 5.97 Å². The fourth-order valence-corrected chi connectivity index (χ4v) is 3.16. The van der Waals surface area contributed by atoms with E-state index in [1.165, 1.54) is 0 Å². The molecule has 0 saturated carbocycles. The van der Waals surface area contributed by atoms with Crippen molar-refractivity contribution in [2.45, 2.75) is 25.7 Å². The van der Waals surface area contributed by atoms with Crippen LogP contribution >= 0.6 is 24.0 Å². The Bertz CT molecular complexity index is 506. The number of ether oxygens (including phenoxy) is 1. The van der Waals surface area contributed by atoms with Gasteiger partial charge in [0.05, 0.1) is 6.61 Å². The fraction of sp³-hybridized carbons (Fsp3) is 0.467. The normalized spacial score (nSPS) is 10.2. The van der Waals surface area contributed by atoms with Gasteiger partial charge in [-0.25, -0.2) is 0 Å². The largest absolute Gasteiger partial charge is 0.465 e. The quantitative estimate of drug-likeness (QED) is 0.450. The SMILES string of the molecule is CCOC(=O)CN(CC)c1cccc(SCC)c1C(N)=S. The predicted molar refractivity (Wildman–Crippen MR) is 93.2 cm³/mol. The zero-order chi connectivity index (χ0) is 15.8. The van der Waals surface area contributed by atoms with Crippen molar-refractivity contribution >= 4 is 40.6 Å². The molecule has 6 heteroatoms. The molecule has 0 amide bonds. The van der Waals surface area contributed by atoms with E-state index in [4.69, 9.17) is 22.7 Å². The van der Waals surface area contributed by atoms with E-state index in [-0.39, 0.29) is 12.5 Å². The van der Waals surface area contributed by atoms with E-state index in [1.807, 2.05) is 30.0 Å². The average Bonchev–Trinajstić information content (AvgIpc) is 2.45. The van der Waals surface area contributed by atoms with E-state index in [1.54, 1.807) is 18.7 Å². The molecule has 0 spiro atoms. The lowest BCUT2D eigenvalue weighted by Gasteiger charge is -2.25. The van der Waals surface area contributed by atoms with Crippen LogP contribution in [0.25, 0.3) is 0 Å². The Morgan fingerprint density at radius 1 is 1.38 bits per heavy atom. The van der Waals surface area contributed by atoms with Gasteiger partial charge in [-0.05, 0) is 31.7 Å². The molecular weight excluding hydrogens is 304 g/mol. The van der Waals surface area contributed by atoms with Crippen LogP contribution in [0.1, 0.15) is 26.3 Å². The van der Waals surface area contributed by atoms with Crippen LogP contribution in [-0.2, 0) is 9.53 Å². The number of likely N-dealkylation sites (N-methyl/N-ethyl adjacent to an activating group) is 1. The molecule has 0 aromatic heterocycles. The van der Waals surface area contributed by atoms with Crippen LogP contribution in [0, 0.1) is 0 Å². The molecule has 0 saturated heterocycles. The molecule has 0 atom stereocenters. The summed E-state index contributed by atoms with van der Waals surface area (Å²) in [4.78, 5) is 15.1. The molecule has 21 heavy (non-hydrogen) atoms. The summed E-state index contributed by atoms with van der Waals surface area (Å²) in [7, 11) is 0. The van der Waals surface area contributed by atoms with Crippen molar-refractivity contribution in [2.24, 2.45) is 5.73 Å². The Balaban J connectivity index is 3.16. The standard InChI is InChI=1S/C15H22N2O2S2/c1-4-17(10-13(18)19-5-2)11-8-7-9-12(21-6-3)14(11)15(16)20/h7-9H,4-6,10H2,1-3H3,(H2,16,20). The van der Waals surface area contributed by atoms with Crippen molar-refractivity contribution in [2.75, 3.05) is 30.3 Å². The van der Waals surface area contributed by atoms with Gasteiger partial charge in [-0.1, -0.05) is 25.2 Å². The Morgan fingerprint density at radius 3 is 2.62 bits per heavy atom. The van der Waals surface area contributed by atoms with Crippen molar-refractivity contribution in [3.05, 3.63) is 23.8 Å². The van der Waals surface area contributed by atoms with Gasteiger partial charge < -0.3 is 15.4 Å². The van der Waals surface area contributed by atoms with Crippen molar-refractivity contribution in [3.8, 4) is 0 Å². The minimum Gasteiger partial charge on any atom is -0.465 e. The van der Waals surface area contributed by atoms with Crippen LogP contribution in [0.2, 0.25) is 0 Å². The number of carbonyl (C=O) groups is 1. The summed E-state index contributed by atoms with van der Waals surface area (Å²) in [5, 5.41) is 0. The number of esters is 1. The smallest absolute Gasteiger partial charge is 0.325 e. The van der Waals surface area contributed by atoms with Gasteiger partial charge in [0, 0.05) is 22.7 Å². The number of hydrogen-bond donors (Lipinski definition) is 1. The average molecular weight is 326 g/mol. The summed E-state index contributed by atoms with van der Waals surface area (Å²) < 4.78 is 5.02. The van der Waals surface area contributed by atoms with Gasteiger partial charge in [-0.2, -0.15) is 0 Å². The summed E-state index contributed by atoms with van der Waals surface area (Å²) in [6.45, 7) is 7.12. The first-order valence-electron chi connectivity index (χ1n) is 7.01. The molecule has 0 aliphatic heterocycles. The van der Waals surface area contributed by atoms with Crippen LogP contribution in [0.3, 0.4) is 0 Å². The van der Waals surface area contributed by atoms with Crippen molar-refractivity contribution in [1.82, 2.24) is 0 Å². The van der Waals surface area contributed by atoms with Crippen LogP contribution in [-0.4, -0.2) is 36.4 Å². The summed E-state index contributed by atoms with van der Waals surface area (Å²) in [6.07, 6.45) is 0. The maximum atomic E-state index is 11.7. The topological polar surface area (TPSA) is 55.6 Å². The number of nitrogens with zero attached hydrogens (tertiary/aromatic N) is 1. The first-order valence-corrected chi connectivity index (χ1v) is 8.40. The van der Waals surface area contributed by atoms with Crippen LogP contribution in [0.5, 0.6) is 0 Å². The molecule has 0 aliphatic carbocycles. The monoisotopic (exact) mass is 326 g/mol. The van der Waals surface area contributed by atoms with Gasteiger partial charge in [0.15, 0.2) is 0 Å². The number of rotatable bonds is 8. The van der Waals surface area contributed by atoms with E-state index in [2.05, 4.69) is 6.92 Å². The van der Waals surface area contributed by atoms with Crippen LogP contribution in [0.15, 0.2) is 23.1 Å². The van der Waals surface area contributed by atoms with Crippen molar-refractivity contribution in [1.29, 1.82) is 0 Å². The highest BCUT2D eigenvalue weighted by Crippen LogP contribution is 2.30. The van der Waals surface area contributed by atoms with E-state index in [9.17, 15) is 4.79 Å². The maximum Gasteiger partial charge on any atom is 0.325 e. The second kappa shape index (κ2) is 8.89. The summed E-state index contributed by atoms with van der Waals surface area (Å²) in [5.74, 6) is 0.685. The lowest BCUT2D eigenvalue weighted by atomic mass is 10.1. The maximum absolute atomic E-state index is 11.7. The number of hydrogen-bond acceptors (Lipinski definition) is 5. The highest BCUT2D eigenvalue weighted by Gasteiger charge is 2.18. The summed E-state index contributed by atoms with van der Waals surface area (Å²) in [5.41, 5.74) is 7.63. The fourth-order valence-electron chi connectivity index (χ4n) is 2.04. The molecule has 2 N–H and O–H groups in total. The molecule has 116 valence electrons. The van der Waals surface area contributed by atoms with Gasteiger partial charge in [-0.15, -0.1) is 11.8 Å². The Kier molecular flexibility index (Phi) is 7.53. The second-order valence-corrected chi connectivity index (χ2v) is 6.01. The van der Waals surface area contributed by atoms with Crippen molar-refractivity contribution in [3.63, 3.8) is 0 Å². The van der Waals surface area contributed by atoms with E-state index < -0.39 is 0 Å². The number of thioether (sulfide) groups is 1. The molecule has 1 aromatic carbocycles. The van der Waals surface area contributed by atoms with E-state index >= 15 is 0 Å². The number of carbonyl (C=O) groups excluding carboxylic acids is 1. The van der Waals surface area contributed by atoms with Gasteiger partial charge in [-0.3, -0.25) is 4.79 Å². The molecule has 4 nitrogen and oxygen atoms in total. The number of nitrogens with two attached hydrogens (primary N) is 1. The lowest BCUT2D eigenvalue weighted by molar-refractivity contribution is -0.141. The minimum atomic E-state index is -0.248. The highest BCUT2D eigenvalue weighted by molar-refractivity contribution is 7.99. The van der Waals surface area contributed by atoms with Gasteiger partial charge in [0.25, 0.3) is 0 Å². The molecule has 1 rings (SSSR count). The second-order valence-electron chi connectivity index (χ2n) is 4.27. The molecule has 0 heterocycles. The lowest BCUT2D eigenvalue weighted by Crippen LogP contribution is -2.32. The molecule has 0 bridgehead atoms. The first kappa shape index (κ1) is 17.8. The minimum absolute atomic E-state index is 0.195. The molecule has 0 fully saturated rings. The zero-order valence-corrected chi connectivity index (χ0v) is 14.4. The predicted octanol–water partition coefficient (Wildman–Crippen LogP) is 2.82. The number of thiocarbonyl (C=S) groups is 1. The van der Waals surface area contributed by atoms with Crippen LogP contribution < -0.4 is 10.6 Å². The van der Waals surface area contributed by atoms with Crippen LogP contribution in [0.4, 0.5) is 5.69 Å². The van der Waals surface area contributed by atoms with E-state index in [0.717, 1.165) is 21.9 Å². The van der Waals surface area contributed by atoms with Gasteiger partial charge in [0.1, 0.15) is 11.5 Å². The molecule has 0 aliphatic rings. The Labute approximate surface area is 136 Å². The third-order valence-electron chi connectivity index (χ3n) is 2.90. The Morgan fingerprint density at radius 2 is 2.10 bits per heavy atom. The summed E-state index contributed by atoms with van der Waals surface area (Å²) in [6, 6.07) is 5.91. The molecule has 1 aromatic rings. The third kappa shape index (κ3) is 4.89. The number of benzene rings is 1. The van der Waals surface area contributed by atoms with Gasteiger partial charge in [0.2, 0.25) is 0 Å².